The molecule has 1 amide bonds. The van der Waals surface area contributed by atoms with Crippen LogP contribution in [0.15, 0.2) is 52.9 Å². The van der Waals surface area contributed by atoms with Gasteiger partial charge in [-0.15, -0.1) is 10.2 Å². The number of carbonyl (C=O) groups is 1. The number of benzene rings is 2. The summed E-state index contributed by atoms with van der Waals surface area (Å²) in [6.45, 7) is 0. The van der Waals surface area contributed by atoms with Gasteiger partial charge in [-0.3, -0.25) is 20.2 Å². The maximum Gasteiger partial charge on any atom is 0.270 e. The van der Waals surface area contributed by atoms with Crippen LogP contribution in [-0.2, 0) is 6.42 Å². The average Bonchev–Trinajstić information content (AvgIpc) is 3.13. The highest BCUT2D eigenvalue weighted by Gasteiger charge is 2.17. The molecule has 0 saturated heterocycles. The molecule has 1 aromatic heterocycles. The van der Waals surface area contributed by atoms with Gasteiger partial charge in [0.15, 0.2) is 4.34 Å². The van der Waals surface area contributed by atoms with Crippen molar-refractivity contribution in [2.45, 2.75) is 17.2 Å². The Bertz CT molecular complexity index is 982. The lowest BCUT2D eigenvalue weighted by Gasteiger charge is -2.03. The van der Waals surface area contributed by atoms with Gasteiger partial charge in [-0.25, -0.2) is 0 Å². The lowest BCUT2D eigenvalue weighted by Crippen LogP contribution is -2.12. The van der Waals surface area contributed by atoms with Gasteiger partial charge in [-0.1, -0.05) is 65.0 Å². The van der Waals surface area contributed by atoms with E-state index >= 15 is 0 Å². The number of nitrogens with one attached hydrogen (secondary N) is 1. The largest absolute Gasteiger partial charge is 0.296 e. The second kappa shape index (κ2) is 9.63. The van der Waals surface area contributed by atoms with Gasteiger partial charge in [0.2, 0.25) is 5.13 Å². The van der Waals surface area contributed by atoms with Crippen LogP contribution in [0.25, 0.3) is 0 Å². The molecule has 0 saturated carbocycles. The summed E-state index contributed by atoms with van der Waals surface area (Å²) in [4.78, 5) is 22.6. The third kappa shape index (κ3) is 5.51. The van der Waals surface area contributed by atoms with Crippen molar-refractivity contribution < 1.29 is 9.72 Å². The summed E-state index contributed by atoms with van der Waals surface area (Å²) in [5, 5.41) is 21.9. The fourth-order valence-corrected chi connectivity index (χ4v) is 4.32. The van der Waals surface area contributed by atoms with E-state index in [2.05, 4.69) is 27.6 Å². The van der Waals surface area contributed by atoms with Gasteiger partial charge in [0, 0.05) is 17.9 Å². The Kier molecular flexibility index (Phi) is 6.96. The molecule has 0 unspecified atom stereocenters. The van der Waals surface area contributed by atoms with Crippen LogP contribution in [0.5, 0.6) is 0 Å². The number of hydrogen-bond donors (Lipinski definition) is 1. The molecule has 0 atom stereocenters. The second-order valence-electron chi connectivity index (χ2n) is 5.69. The van der Waals surface area contributed by atoms with Crippen molar-refractivity contribution >= 4 is 51.4 Å². The summed E-state index contributed by atoms with van der Waals surface area (Å²) in [5.41, 5.74) is 1.10. The molecule has 7 nitrogen and oxygen atoms in total. The van der Waals surface area contributed by atoms with Crippen molar-refractivity contribution in [3.05, 3.63) is 74.8 Å². The van der Waals surface area contributed by atoms with E-state index in [0.29, 0.717) is 5.13 Å². The minimum Gasteiger partial charge on any atom is -0.296 e. The zero-order valence-corrected chi connectivity index (χ0v) is 16.9. The molecule has 0 bridgehead atoms. The Morgan fingerprint density at radius 2 is 2.00 bits per heavy atom. The first-order valence-electron chi connectivity index (χ1n) is 8.28. The fraction of sp³-hybridized carbons (Fsp3) is 0.167. The second-order valence-corrected chi connectivity index (χ2v) is 8.41. The van der Waals surface area contributed by atoms with E-state index in [1.165, 1.54) is 29.0 Å². The van der Waals surface area contributed by atoms with Crippen LogP contribution in [0.4, 0.5) is 10.8 Å². The molecule has 0 aliphatic carbocycles. The molecule has 1 N–H and O–H groups in total. The minimum absolute atomic E-state index is 0.0168. The molecule has 28 heavy (non-hydrogen) atoms. The summed E-state index contributed by atoms with van der Waals surface area (Å²) in [6.07, 6.45) is 1.99. The monoisotopic (exact) mass is 434 g/mol. The molecule has 2 aromatic carbocycles. The van der Waals surface area contributed by atoms with Gasteiger partial charge in [-0.2, -0.15) is 0 Å². The Balaban J connectivity index is 1.53. The van der Waals surface area contributed by atoms with Gasteiger partial charge in [-0.05, 0) is 24.5 Å². The van der Waals surface area contributed by atoms with Crippen molar-refractivity contribution in [3.63, 3.8) is 0 Å². The summed E-state index contributed by atoms with van der Waals surface area (Å²) >= 11 is 8.80. The predicted molar refractivity (Wildman–Crippen MR) is 111 cm³/mol. The molecule has 0 radical (unpaired) electrons. The summed E-state index contributed by atoms with van der Waals surface area (Å²) < 4.78 is 0.744. The van der Waals surface area contributed by atoms with E-state index in [-0.39, 0.29) is 16.3 Å². The zero-order valence-electron chi connectivity index (χ0n) is 14.5. The molecule has 3 rings (SSSR count). The Hall–Kier alpha value is -2.49. The SMILES string of the molecule is O=C(Nc1nnc(SCCCc2ccccc2)s1)c1cc([N+](=O)[O-])ccc1Cl. The smallest absolute Gasteiger partial charge is 0.270 e. The van der Waals surface area contributed by atoms with Gasteiger partial charge < -0.3 is 0 Å². The van der Waals surface area contributed by atoms with Crippen LogP contribution in [0.3, 0.4) is 0 Å². The number of rotatable bonds is 8. The van der Waals surface area contributed by atoms with Crippen molar-refractivity contribution in [2.24, 2.45) is 0 Å². The number of thioether (sulfide) groups is 1. The van der Waals surface area contributed by atoms with Gasteiger partial charge >= 0.3 is 0 Å². The number of hydrogen-bond acceptors (Lipinski definition) is 7. The van der Waals surface area contributed by atoms with E-state index in [4.69, 9.17) is 11.6 Å². The maximum absolute atomic E-state index is 12.4. The van der Waals surface area contributed by atoms with Crippen molar-refractivity contribution in [1.29, 1.82) is 0 Å². The number of non-ortho nitro benzene ring substituents is 1. The van der Waals surface area contributed by atoms with Gasteiger partial charge in [0.1, 0.15) is 0 Å². The number of nitrogens with zero attached hydrogens (tertiary/aromatic N) is 3. The third-order valence-electron chi connectivity index (χ3n) is 3.71. The highest BCUT2D eigenvalue weighted by Crippen LogP contribution is 2.28. The summed E-state index contributed by atoms with van der Waals surface area (Å²) in [7, 11) is 0. The molecule has 3 aromatic rings. The molecule has 0 fully saturated rings. The van der Waals surface area contributed by atoms with Crippen LogP contribution in [0.1, 0.15) is 22.3 Å². The lowest BCUT2D eigenvalue weighted by atomic mass is 10.1. The quantitative estimate of drug-likeness (QED) is 0.174. The Labute approximate surface area is 174 Å². The molecule has 144 valence electrons. The van der Waals surface area contributed by atoms with E-state index in [1.54, 1.807) is 11.8 Å². The first-order chi connectivity index (χ1) is 13.5. The molecular weight excluding hydrogens is 420 g/mol. The normalized spacial score (nSPS) is 10.6. The molecule has 10 heteroatoms. The highest BCUT2D eigenvalue weighted by atomic mass is 35.5. The topological polar surface area (TPSA) is 98.0 Å². The fourth-order valence-electron chi connectivity index (χ4n) is 2.36. The molecular formula is C18H15ClN4O3S2. The van der Waals surface area contributed by atoms with Crippen molar-refractivity contribution in [1.82, 2.24) is 10.2 Å². The highest BCUT2D eigenvalue weighted by molar-refractivity contribution is 8.01. The van der Waals surface area contributed by atoms with Gasteiger partial charge in [0.25, 0.3) is 11.6 Å². The number of anilines is 1. The number of amides is 1. The number of halogens is 1. The van der Waals surface area contributed by atoms with Crippen molar-refractivity contribution in [3.8, 4) is 0 Å². The van der Waals surface area contributed by atoms with Crippen LogP contribution in [0, 0.1) is 10.1 Å². The van der Waals surface area contributed by atoms with Crippen LogP contribution in [-0.4, -0.2) is 26.8 Å². The lowest BCUT2D eigenvalue weighted by molar-refractivity contribution is -0.384. The van der Waals surface area contributed by atoms with E-state index < -0.39 is 10.8 Å². The maximum atomic E-state index is 12.4. The van der Waals surface area contributed by atoms with E-state index in [9.17, 15) is 14.9 Å². The first-order valence-corrected chi connectivity index (χ1v) is 10.5. The molecule has 0 spiro atoms. The molecule has 1 heterocycles. The predicted octanol–water partition coefficient (Wildman–Crippen LogP) is 5.08. The van der Waals surface area contributed by atoms with E-state index in [1.807, 2.05) is 18.2 Å². The van der Waals surface area contributed by atoms with E-state index in [0.717, 1.165) is 29.0 Å². The van der Waals surface area contributed by atoms with Crippen LogP contribution < -0.4 is 5.32 Å². The number of nitro benzene ring substituents is 1. The third-order valence-corrected chi connectivity index (χ3v) is 6.10. The van der Waals surface area contributed by atoms with Crippen LogP contribution >= 0.6 is 34.7 Å². The zero-order chi connectivity index (χ0) is 19.9. The average molecular weight is 435 g/mol. The minimum atomic E-state index is -0.581. The number of aryl methyl sites for hydroxylation is 1. The Morgan fingerprint density at radius 3 is 2.75 bits per heavy atom. The number of nitro groups is 1. The summed E-state index contributed by atoms with van der Waals surface area (Å²) in [6, 6.07) is 13.9. The van der Waals surface area contributed by atoms with Crippen LogP contribution in [0.2, 0.25) is 5.02 Å². The van der Waals surface area contributed by atoms with Gasteiger partial charge in [0.05, 0.1) is 15.5 Å². The standard InChI is InChI=1S/C18H15ClN4O3S2/c19-15-9-8-13(23(25)26)11-14(15)16(24)20-17-21-22-18(28-17)27-10-4-7-12-5-2-1-3-6-12/h1-3,5-6,8-9,11H,4,7,10H2,(H,20,21,24). The number of carbonyl (C=O) groups excluding carboxylic acids is 1. The molecule has 0 aliphatic rings. The first kappa shape index (κ1) is 20.2. The summed E-state index contributed by atoms with van der Waals surface area (Å²) in [5.74, 6) is 0.319. The molecule has 0 aliphatic heterocycles. The van der Waals surface area contributed by atoms with Crippen molar-refractivity contribution in [2.75, 3.05) is 11.1 Å². The Morgan fingerprint density at radius 1 is 1.21 bits per heavy atom. The number of aromatic nitrogens is 2.